The molecule has 0 aliphatic rings. The molecule has 34 heavy (non-hydrogen) atoms. The largest absolute Gasteiger partial charge is 0.476 e. The van der Waals surface area contributed by atoms with E-state index in [-0.39, 0.29) is 5.82 Å². The van der Waals surface area contributed by atoms with E-state index in [0.717, 1.165) is 35.1 Å². The van der Waals surface area contributed by atoms with Gasteiger partial charge in [-0.1, -0.05) is 96.2 Å². The minimum atomic E-state index is -1.77. The second-order valence-electron chi connectivity index (χ2n) is 7.29. The topological polar surface area (TPSA) is 96.7 Å². The molecule has 1 atom stereocenters. The maximum absolute atomic E-state index is 13.1. The number of anilines is 1. The summed E-state index contributed by atoms with van der Waals surface area (Å²) in [5.41, 5.74) is 1.41. The van der Waals surface area contributed by atoms with Crippen molar-refractivity contribution in [3.05, 3.63) is 114 Å². The Kier molecular flexibility index (Phi) is 6.93. The molecule has 172 valence electrons. The van der Waals surface area contributed by atoms with Crippen molar-refractivity contribution in [3.63, 3.8) is 0 Å². The van der Waals surface area contributed by atoms with Crippen LogP contribution in [0.1, 0.15) is 29.4 Å². The van der Waals surface area contributed by atoms with Crippen LogP contribution in [0.4, 0.5) is 9.52 Å². The zero-order chi connectivity index (χ0) is 24.0. The molecule has 0 fully saturated rings. The molecule has 0 radical (unpaired) electrons. The molecule has 0 spiro atoms. The Morgan fingerprint density at radius 1 is 0.971 bits per heavy atom. The molecule has 4 rings (SSSR count). The summed E-state index contributed by atoms with van der Waals surface area (Å²) < 4.78 is 17.2. The number of carbonyl (C=O) groups is 1. The molecule has 0 aliphatic carbocycles. The first-order valence-electron chi connectivity index (χ1n) is 10.4. The number of aliphatic carboxylic acids is 1. The second-order valence-corrected chi connectivity index (χ2v) is 8.04. The highest BCUT2D eigenvalue weighted by molar-refractivity contribution is 7.09. The standard InChI is InChI=1S/C25H21FN4O3S/c1-17(26)33-29-21(23(31)32)22-27-24(34-30-22)28-25(18-11-5-2-6-12-18,19-13-7-3-8-14-19)20-15-9-4-10-16-20/h2-17H,1H3,(H,31,32)(H,27,28,30). The van der Waals surface area contributed by atoms with Crippen molar-refractivity contribution in [3.8, 4) is 0 Å². The van der Waals surface area contributed by atoms with Gasteiger partial charge in [-0.05, 0) is 16.7 Å². The highest BCUT2D eigenvalue weighted by Crippen LogP contribution is 2.40. The van der Waals surface area contributed by atoms with Crippen molar-refractivity contribution < 1.29 is 19.1 Å². The summed E-state index contributed by atoms with van der Waals surface area (Å²) in [6.45, 7) is 1.10. The number of hydrogen-bond acceptors (Lipinski definition) is 7. The van der Waals surface area contributed by atoms with E-state index in [2.05, 4.69) is 24.7 Å². The van der Waals surface area contributed by atoms with Crippen LogP contribution in [-0.2, 0) is 15.2 Å². The average Bonchev–Trinajstić information content (AvgIpc) is 3.32. The second kappa shape index (κ2) is 10.2. The predicted molar refractivity (Wildman–Crippen MR) is 129 cm³/mol. The predicted octanol–water partition coefficient (Wildman–Crippen LogP) is 5.06. The number of halogens is 1. The number of rotatable bonds is 9. The molecule has 1 aromatic heterocycles. The number of carboxylic acid groups (broad SMARTS) is 1. The van der Waals surface area contributed by atoms with Gasteiger partial charge in [-0.15, -0.1) is 0 Å². The van der Waals surface area contributed by atoms with Gasteiger partial charge in [0.25, 0.3) is 6.36 Å². The van der Waals surface area contributed by atoms with Gasteiger partial charge in [0.2, 0.25) is 16.7 Å². The number of nitrogens with one attached hydrogen (secondary N) is 1. The quantitative estimate of drug-likeness (QED) is 0.199. The molecule has 4 aromatic rings. The van der Waals surface area contributed by atoms with E-state index in [4.69, 9.17) is 0 Å². The van der Waals surface area contributed by atoms with Crippen LogP contribution in [0, 0.1) is 0 Å². The van der Waals surface area contributed by atoms with E-state index in [1.54, 1.807) is 0 Å². The van der Waals surface area contributed by atoms with Crippen LogP contribution >= 0.6 is 11.5 Å². The van der Waals surface area contributed by atoms with Gasteiger partial charge in [0.15, 0.2) is 0 Å². The number of hydrogen-bond donors (Lipinski definition) is 2. The Labute approximate surface area is 199 Å². The van der Waals surface area contributed by atoms with Crippen molar-refractivity contribution in [2.24, 2.45) is 5.16 Å². The van der Waals surface area contributed by atoms with E-state index in [1.807, 2.05) is 91.0 Å². The molecular formula is C25H21FN4O3S. The van der Waals surface area contributed by atoms with E-state index >= 15 is 0 Å². The fourth-order valence-electron chi connectivity index (χ4n) is 3.61. The number of alkyl halides is 1. The number of benzene rings is 3. The summed E-state index contributed by atoms with van der Waals surface area (Å²) >= 11 is 0.975. The van der Waals surface area contributed by atoms with Crippen molar-refractivity contribution in [2.45, 2.75) is 18.8 Å². The van der Waals surface area contributed by atoms with Crippen LogP contribution in [0.3, 0.4) is 0 Å². The Morgan fingerprint density at radius 2 is 1.44 bits per heavy atom. The van der Waals surface area contributed by atoms with Crippen molar-refractivity contribution in [2.75, 3.05) is 5.32 Å². The van der Waals surface area contributed by atoms with E-state index in [1.165, 1.54) is 0 Å². The maximum atomic E-state index is 13.1. The van der Waals surface area contributed by atoms with Crippen LogP contribution in [0.25, 0.3) is 0 Å². The fraction of sp³-hybridized carbons (Fsp3) is 0.120. The third-order valence-electron chi connectivity index (χ3n) is 5.04. The van der Waals surface area contributed by atoms with Gasteiger partial charge in [-0.2, -0.15) is 13.7 Å². The Bertz CT molecular complexity index is 1170. The van der Waals surface area contributed by atoms with Gasteiger partial charge in [0.1, 0.15) is 5.54 Å². The first-order chi connectivity index (χ1) is 16.5. The summed E-state index contributed by atoms with van der Waals surface area (Å²) in [6, 6.07) is 29.6. The van der Waals surface area contributed by atoms with Crippen LogP contribution in [0.5, 0.6) is 0 Å². The molecule has 3 aromatic carbocycles. The molecule has 0 bridgehead atoms. The van der Waals surface area contributed by atoms with Gasteiger partial charge in [-0.3, -0.25) is 0 Å². The zero-order valence-corrected chi connectivity index (χ0v) is 18.9. The first-order valence-corrected chi connectivity index (χ1v) is 11.2. The number of nitrogens with zero attached hydrogens (tertiary/aromatic N) is 3. The molecule has 0 amide bonds. The first kappa shape index (κ1) is 23.1. The Balaban J connectivity index is 1.85. The summed E-state index contributed by atoms with van der Waals surface area (Å²) in [5, 5.41) is 16.7. The monoisotopic (exact) mass is 476 g/mol. The van der Waals surface area contributed by atoms with Crippen LogP contribution in [0.2, 0.25) is 0 Å². The van der Waals surface area contributed by atoms with Crippen LogP contribution in [0.15, 0.2) is 96.2 Å². The van der Waals surface area contributed by atoms with E-state index in [0.29, 0.717) is 5.13 Å². The molecule has 1 unspecified atom stereocenters. The van der Waals surface area contributed by atoms with E-state index < -0.39 is 23.6 Å². The SMILES string of the molecule is CC(F)ON=C(C(=O)O)c1nsc(NC(c2ccccc2)(c2ccccc2)c2ccccc2)n1. The van der Waals surface area contributed by atoms with Crippen LogP contribution < -0.4 is 5.32 Å². The summed E-state index contributed by atoms with van der Waals surface area (Å²) in [6.07, 6.45) is -1.77. The number of oxime groups is 1. The molecule has 2 N–H and O–H groups in total. The Hall–Kier alpha value is -4.11. The lowest BCUT2D eigenvalue weighted by Gasteiger charge is -2.36. The normalized spacial score (nSPS) is 12.7. The highest BCUT2D eigenvalue weighted by atomic mass is 32.1. The van der Waals surface area contributed by atoms with Crippen molar-refractivity contribution >= 4 is 28.3 Å². The third kappa shape index (κ3) is 4.79. The molecule has 7 nitrogen and oxygen atoms in total. The summed E-state index contributed by atoms with van der Waals surface area (Å²) in [5.74, 6) is -1.60. The minimum Gasteiger partial charge on any atom is -0.476 e. The summed E-state index contributed by atoms with van der Waals surface area (Å²) in [7, 11) is 0. The Morgan fingerprint density at radius 3 is 1.85 bits per heavy atom. The van der Waals surface area contributed by atoms with Gasteiger partial charge in [0.05, 0.1) is 0 Å². The maximum Gasteiger partial charge on any atom is 0.362 e. The van der Waals surface area contributed by atoms with Crippen molar-refractivity contribution in [1.29, 1.82) is 0 Å². The molecule has 1 heterocycles. The fourth-order valence-corrected chi connectivity index (χ4v) is 4.24. The highest BCUT2D eigenvalue weighted by Gasteiger charge is 2.37. The number of aromatic nitrogens is 2. The third-order valence-corrected chi connectivity index (χ3v) is 5.67. The lowest BCUT2D eigenvalue weighted by molar-refractivity contribution is -0.129. The van der Waals surface area contributed by atoms with Gasteiger partial charge >= 0.3 is 5.97 Å². The average molecular weight is 477 g/mol. The van der Waals surface area contributed by atoms with Gasteiger partial charge in [-0.25, -0.2) is 4.79 Å². The van der Waals surface area contributed by atoms with Crippen molar-refractivity contribution in [1.82, 2.24) is 9.36 Å². The lowest BCUT2D eigenvalue weighted by Crippen LogP contribution is -2.38. The smallest absolute Gasteiger partial charge is 0.362 e. The summed E-state index contributed by atoms with van der Waals surface area (Å²) in [4.78, 5) is 20.5. The molecular weight excluding hydrogens is 455 g/mol. The minimum absolute atomic E-state index is 0.177. The van der Waals surface area contributed by atoms with Gasteiger partial charge in [0, 0.05) is 18.5 Å². The molecule has 0 saturated carbocycles. The van der Waals surface area contributed by atoms with E-state index in [9.17, 15) is 14.3 Å². The van der Waals surface area contributed by atoms with Gasteiger partial charge < -0.3 is 15.3 Å². The zero-order valence-electron chi connectivity index (χ0n) is 18.1. The van der Waals surface area contributed by atoms with Crippen LogP contribution in [-0.4, -0.2) is 32.5 Å². The lowest BCUT2D eigenvalue weighted by atomic mass is 9.77. The molecule has 9 heteroatoms. The molecule has 0 aliphatic heterocycles. The number of carboxylic acids is 1. The molecule has 0 saturated heterocycles.